The van der Waals surface area contributed by atoms with Crippen LogP contribution in [0.5, 0.6) is 11.8 Å². The van der Waals surface area contributed by atoms with Crippen LogP contribution in [0.3, 0.4) is 0 Å². The molecule has 7 rings (SSSR count). The molecule has 1 aliphatic rings. The highest BCUT2D eigenvalue weighted by atomic mass is 19.4. The molecule has 5 aromatic carbocycles. The summed E-state index contributed by atoms with van der Waals surface area (Å²) in [4.78, 5) is 16.2. The number of rotatable bonds is 7. The van der Waals surface area contributed by atoms with Gasteiger partial charge in [-0.3, -0.25) is 4.79 Å². The summed E-state index contributed by atoms with van der Waals surface area (Å²) in [5.41, 5.74) is -29.5. The fraction of sp³-hybridized carbons (Fsp3) is 0.239. The van der Waals surface area contributed by atoms with Gasteiger partial charge in [0.2, 0.25) is 12.3 Å². The second-order valence-corrected chi connectivity index (χ2v) is 16.4. The number of alkyl halides is 24. The number of benzene rings is 5. The van der Waals surface area contributed by atoms with Gasteiger partial charge >= 0.3 is 61.2 Å². The molecule has 0 atom stereocenters. The summed E-state index contributed by atoms with van der Waals surface area (Å²) in [6.07, 6.45) is -51.5. The van der Waals surface area contributed by atoms with E-state index in [-0.39, 0.29) is 12.3 Å². The highest BCUT2D eigenvalue weighted by Crippen LogP contribution is 2.41. The Morgan fingerprint density at radius 3 is 0.974 bits per heavy atom. The normalized spacial score (nSPS) is 14.0. The largest absolute Gasteiger partial charge is 0.467 e. The third-order valence-corrected chi connectivity index (χ3v) is 11.3. The van der Waals surface area contributed by atoms with Crippen molar-refractivity contribution in [3.05, 3.63) is 166 Å². The number of halogens is 24. The SMILES string of the molecule is FC(F)(F)c1cc([B-](c2cc(C(F)(F)F)cc(C(F)(F)F)c2)(c2cc(C(F)(F)F)cc(C(F)(F)F)c2)c2cc(C(F)(F)F)cc(C(F)(F)F)c2)cc(C(F)(F)F)c1.O=C(C[n+]1ccnc2c1OCCO2)c1ccccc1. The topological polar surface area (TPSA) is 52.3 Å². The minimum absolute atomic E-state index is 0.0215. The van der Waals surface area contributed by atoms with Crippen molar-refractivity contribution in [2.75, 3.05) is 13.2 Å². The fourth-order valence-electron chi connectivity index (χ4n) is 8.01. The van der Waals surface area contributed by atoms with Crippen molar-refractivity contribution < 1.29 is 124 Å². The predicted octanol–water partition coefficient (Wildman–Crippen LogP) is 12.2. The van der Waals surface area contributed by atoms with Gasteiger partial charge in [0.1, 0.15) is 19.4 Å². The van der Waals surface area contributed by atoms with Crippen LogP contribution < -0.4 is 35.9 Å². The number of hydrogen-bond acceptors (Lipinski definition) is 4. The maximum atomic E-state index is 14.2. The highest BCUT2D eigenvalue weighted by Gasteiger charge is 2.47. The molecule has 0 unspecified atom stereocenters. The molecule has 0 saturated heterocycles. The van der Waals surface area contributed by atoms with Crippen molar-refractivity contribution in [2.45, 2.75) is 56.0 Å². The molecule has 0 N–H and O–H groups in total. The molecule has 0 fully saturated rings. The number of carbonyl (C=O) groups excluding carboxylic acids is 1. The zero-order chi connectivity index (χ0) is 57.0. The molecule has 2 heterocycles. The van der Waals surface area contributed by atoms with Gasteiger partial charge in [-0.1, -0.05) is 78.9 Å². The first-order valence-electron chi connectivity index (χ1n) is 20.7. The Labute approximate surface area is 409 Å². The highest BCUT2D eigenvalue weighted by molar-refractivity contribution is 7.20. The molecule has 0 aliphatic carbocycles. The molecular weight excluding hydrogens is 1100 g/mol. The van der Waals surface area contributed by atoms with Gasteiger partial charge in [-0.05, 0) is 24.3 Å². The molecule has 1 aromatic heterocycles. The summed E-state index contributed by atoms with van der Waals surface area (Å²) in [7, 11) is 0. The van der Waals surface area contributed by atoms with Gasteiger partial charge in [-0.25, -0.2) is 4.98 Å². The number of aromatic nitrogens is 2. The molecule has 0 radical (unpaired) electrons. The lowest BCUT2D eigenvalue weighted by molar-refractivity contribution is -0.690. The van der Waals surface area contributed by atoms with E-state index in [1.807, 2.05) is 18.2 Å². The van der Waals surface area contributed by atoms with Gasteiger partial charge in [-0.15, -0.1) is 0 Å². The van der Waals surface area contributed by atoms with Crippen molar-refractivity contribution in [3.8, 4) is 11.8 Å². The van der Waals surface area contributed by atoms with Crippen molar-refractivity contribution in [2.24, 2.45) is 0 Å². The summed E-state index contributed by atoms with van der Waals surface area (Å²) >= 11 is 0. The molecule has 1 aliphatic heterocycles. The number of nitrogens with zero attached hydrogens (tertiary/aromatic N) is 2. The van der Waals surface area contributed by atoms with Gasteiger partial charge < -0.3 is 9.47 Å². The Bertz CT molecular complexity index is 2660. The van der Waals surface area contributed by atoms with E-state index >= 15 is 0 Å². The van der Waals surface area contributed by atoms with E-state index < -0.39 is 195 Å². The molecule has 76 heavy (non-hydrogen) atoms. The Morgan fingerprint density at radius 1 is 0.421 bits per heavy atom. The second kappa shape index (κ2) is 20.1. The van der Waals surface area contributed by atoms with Crippen LogP contribution in [0.25, 0.3) is 0 Å². The number of ether oxygens (including phenoxy) is 2. The third-order valence-electron chi connectivity index (χ3n) is 11.3. The Kier molecular flexibility index (Phi) is 15.4. The van der Waals surface area contributed by atoms with E-state index in [9.17, 15) is 110 Å². The second-order valence-electron chi connectivity index (χ2n) is 16.4. The van der Waals surface area contributed by atoms with Crippen LogP contribution in [0.15, 0.2) is 116 Å². The molecule has 30 heteroatoms. The summed E-state index contributed by atoms with van der Waals surface area (Å²) < 4.78 is 353. The van der Waals surface area contributed by atoms with Gasteiger partial charge in [0, 0.05) is 5.56 Å². The first kappa shape index (κ1) is 58.1. The minimum atomic E-state index is -6.13. The first-order chi connectivity index (χ1) is 34.6. The zero-order valence-electron chi connectivity index (χ0n) is 36.9. The van der Waals surface area contributed by atoms with Crippen LogP contribution in [-0.4, -0.2) is 30.1 Å². The number of fused-ring (bicyclic) bond motifs is 1. The Hall–Kier alpha value is -7.17. The van der Waals surface area contributed by atoms with E-state index in [0.29, 0.717) is 30.5 Å². The van der Waals surface area contributed by atoms with Crippen LogP contribution in [0.1, 0.15) is 54.9 Å². The fourth-order valence-corrected chi connectivity index (χ4v) is 8.01. The standard InChI is InChI=1S/C32H12BF24.C14H13N2O3/c34-25(35,36)13-1-14(26(37,38)39)6-21(5-13)33(22-7-15(27(40,41)42)2-16(8-22)28(43,44)45,23-9-17(29(46,47)48)3-18(10-23)30(49,50)51)24-11-19(31(52,53)54)4-20(12-24)32(55,56)57;17-12(11-4-2-1-3-5-11)10-16-7-6-15-13-14(16)19-9-8-18-13/h1-12H;1-7H,8-10H2/q-1;+1. The van der Waals surface area contributed by atoms with Crippen molar-refractivity contribution in [1.29, 1.82) is 0 Å². The van der Waals surface area contributed by atoms with E-state index in [2.05, 4.69) is 4.98 Å². The van der Waals surface area contributed by atoms with Gasteiger partial charge in [0.05, 0.1) is 50.7 Å². The minimum Gasteiger partial charge on any atom is -0.467 e. The molecule has 5 nitrogen and oxygen atoms in total. The summed E-state index contributed by atoms with van der Waals surface area (Å²) in [5, 5.41) is 0. The van der Waals surface area contributed by atoms with E-state index in [4.69, 9.17) is 9.47 Å². The zero-order valence-corrected chi connectivity index (χ0v) is 36.9. The van der Waals surface area contributed by atoms with Crippen LogP contribution in [0, 0.1) is 0 Å². The molecule has 0 saturated carbocycles. The van der Waals surface area contributed by atoms with Crippen LogP contribution in [0.2, 0.25) is 0 Å². The lowest BCUT2D eigenvalue weighted by Crippen LogP contribution is -2.75. The maximum absolute atomic E-state index is 14.2. The van der Waals surface area contributed by atoms with Gasteiger partial charge in [-0.2, -0.15) is 132 Å². The van der Waals surface area contributed by atoms with Crippen LogP contribution in [0.4, 0.5) is 105 Å². The Balaban J connectivity index is 0.000000408. The Morgan fingerprint density at radius 2 is 0.697 bits per heavy atom. The molecule has 0 amide bonds. The average Bonchev–Trinajstić information content (AvgIpc) is 3.30. The summed E-state index contributed by atoms with van der Waals surface area (Å²) in [6.45, 7) is 1.16. The smallest absolute Gasteiger partial charge is 0.432 e. The quantitative estimate of drug-likeness (QED) is 0.0692. The molecule has 0 spiro atoms. The lowest BCUT2D eigenvalue weighted by Gasteiger charge is -2.46. The lowest BCUT2D eigenvalue weighted by atomic mass is 9.12. The van der Waals surface area contributed by atoms with Crippen molar-refractivity contribution in [3.63, 3.8) is 0 Å². The maximum Gasteiger partial charge on any atom is 0.432 e. The average molecular weight is 1120 g/mol. The number of ketones is 1. The number of hydrogen-bond donors (Lipinski definition) is 0. The van der Waals surface area contributed by atoms with Crippen molar-refractivity contribution >= 4 is 33.8 Å². The summed E-state index contributed by atoms with van der Waals surface area (Å²) in [5.74, 6) is 0.973. The molecule has 0 bridgehead atoms. The first-order valence-corrected chi connectivity index (χ1v) is 20.7. The number of carbonyl (C=O) groups is 1. The molecular formula is C46H25BF24N2O3. The van der Waals surface area contributed by atoms with Gasteiger partial charge in [0.25, 0.3) is 0 Å². The molecule has 408 valence electrons. The van der Waals surface area contributed by atoms with E-state index in [1.165, 1.54) is 0 Å². The van der Waals surface area contributed by atoms with Crippen LogP contribution >= 0.6 is 0 Å². The summed E-state index contributed by atoms with van der Waals surface area (Å²) in [6, 6.07) is 0.366. The van der Waals surface area contributed by atoms with E-state index in [1.54, 1.807) is 29.1 Å². The predicted molar refractivity (Wildman–Crippen MR) is 216 cm³/mol. The monoisotopic (exact) mass is 1120 g/mol. The molecule has 6 aromatic rings. The number of Topliss-reactive ketones (excluding diaryl/α,β-unsaturated/α-hetero) is 1. The van der Waals surface area contributed by atoms with E-state index in [0.717, 1.165) is 0 Å². The van der Waals surface area contributed by atoms with Crippen molar-refractivity contribution in [1.82, 2.24) is 4.98 Å². The van der Waals surface area contributed by atoms with Gasteiger partial charge in [0.15, 0.2) is 6.20 Å². The van der Waals surface area contributed by atoms with Crippen LogP contribution in [-0.2, 0) is 56.0 Å². The third kappa shape index (κ3) is 12.9.